The van der Waals surface area contributed by atoms with Crippen LogP contribution in [0.1, 0.15) is 20.3 Å². The van der Waals surface area contributed by atoms with Gasteiger partial charge >= 0.3 is 0 Å². The molecule has 0 saturated heterocycles. The summed E-state index contributed by atoms with van der Waals surface area (Å²) in [5.74, 6) is 0. The van der Waals surface area contributed by atoms with Crippen molar-refractivity contribution in [3.63, 3.8) is 0 Å². The number of hydrogen-bond acceptors (Lipinski definition) is 1. The molecule has 52 valence electrons. The average Bonchev–Trinajstić information content (AvgIpc) is 1.82. The summed E-state index contributed by atoms with van der Waals surface area (Å²) in [5.41, 5.74) is 7.77. The first kappa shape index (κ1) is 8.44. The van der Waals surface area contributed by atoms with Gasteiger partial charge in [-0.3, -0.25) is 0 Å². The molecule has 2 N–H and O–H groups in total. The molecule has 0 spiro atoms. The fraction of sp³-hybridized carbons (Fsp3) is 0.500. The third-order valence-corrected chi connectivity index (χ3v) is 1.17. The van der Waals surface area contributed by atoms with Gasteiger partial charge in [0, 0.05) is 6.54 Å². The van der Waals surface area contributed by atoms with Gasteiger partial charge in [0.05, 0.1) is 0 Å². The molecule has 0 rings (SSSR count). The third kappa shape index (κ3) is 3.98. The van der Waals surface area contributed by atoms with Crippen molar-refractivity contribution >= 4 is 0 Å². The second kappa shape index (κ2) is 4.33. The van der Waals surface area contributed by atoms with Crippen LogP contribution in [0.3, 0.4) is 0 Å². The Bertz CT molecular complexity index is 117. The van der Waals surface area contributed by atoms with Crippen LogP contribution in [-0.4, -0.2) is 6.54 Å². The van der Waals surface area contributed by atoms with E-state index in [0.717, 1.165) is 12.0 Å². The molecule has 0 aliphatic heterocycles. The lowest BCUT2D eigenvalue weighted by molar-refractivity contribution is 1.00. The topological polar surface area (TPSA) is 26.0 Å². The molecule has 0 aromatic carbocycles. The summed E-state index contributed by atoms with van der Waals surface area (Å²) in [6.45, 7) is 8.49. The molecular formula is C8H15N. The molecule has 0 fully saturated rings. The Morgan fingerprint density at radius 2 is 2.22 bits per heavy atom. The Hall–Kier alpha value is -0.560. The van der Waals surface area contributed by atoms with Crippen molar-refractivity contribution in [1.29, 1.82) is 0 Å². The predicted molar refractivity (Wildman–Crippen MR) is 42.2 cm³/mol. The molecule has 0 aromatic heterocycles. The molecule has 1 nitrogen and oxygen atoms in total. The van der Waals surface area contributed by atoms with E-state index >= 15 is 0 Å². The van der Waals surface area contributed by atoms with Crippen molar-refractivity contribution in [2.45, 2.75) is 20.3 Å². The van der Waals surface area contributed by atoms with E-state index in [9.17, 15) is 0 Å². The number of rotatable bonds is 3. The van der Waals surface area contributed by atoms with E-state index in [0.29, 0.717) is 6.54 Å². The Balaban J connectivity index is 3.91. The highest BCUT2D eigenvalue weighted by Crippen LogP contribution is 2.01. The van der Waals surface area contributed by atoms with Crippen molar-refractivity contribution in [2.24, 2.45) is 5.73 Å². The molecule has 0 saturated carbocycles. The standard InChI is InChI=1S/C8H15N/c1-4-8(6-9)5-7(2)3/h5H,2,4,6,9H2,1,3H3/b8-5+. The minimum atomic E-state index is 0.656. The predicted octanol–water partition coefficient (Wildman–Crippen LogP) is 1.86. The summed E-state index contributed by atoms with van der Waals surface area (Å²) in [7, 11) is 0. The SMILES string of the molecule is C=C(C)/C=C(\CC)CN. The van der Waals surface area contributed by atoms with Gasteiger partial charge in [-0.25, -0.2) is 0 Å². The van der Waals surface area contributed by atoms with Gasteiger partial charge in [0.25, 0.3) is 0 Å². The molecule has 0 bridgehead atoms. The van der Waals surface area contributed by atoms with Crippen molar-refractivity contribution in [3.8, 4) is 0 Å². The summed E-state index contributed by atoms with van der Waals surface area (Å²) < 4.78 is 0. The van der Waals surface area contributed by atoms with Crippen LogP contribution in [0.5, 0.6) is 0 Å². The Kier molecular flexibility index (Phi) is 4.06. The van der Waals surface area contributed by atoms with Crippen LogP contribution in [0.25, 0.3) is 0 Å². The Morgan fingerprint density at radius 1 is 1.67 bits per heavy atom. The smallest absolute Gasteiger partial charge is 0.0139 e. The van der Waals surface area contributed by atoms with E-state index in [2.05, 4.69) is 13.5 Å². The maximum Gasteiger partial charge on any atom is 0.0139 e. The first-order valence-electron chi connectivity index (χ1n) is 3.25. The normalized spacial score (nSPS) is 11.7. The molecule has 1 heteroatoms. The fourth-order valence-electron chi connectivity index (χ4n) is 0.654. The fourth-order valence-corrected chi connectivity index (χ4v) is 0.654. The highest BCUT2D eigenvalue weighted by molar-refractivity contribution is 5.18. The first-order chi connectivity index (χ1) is 4.20. The maximum atomic E-state index is 5.42. The van der Waals surface area contributed by atoms with Gasteiger partial charge in [-0.2, -0.15) is 0 Å². The van der Waals surface area contributed by atoms with Crippen LogP contribution < -0.4 is 5.73 Å². The van der Waals surface area contributed by atoms with E-state index in [1.165, 1.54) is 5.57 Å². The molecule has 9 heavy (non-hydrogen) atoms. The summed E-state index contributed by atoms with van der Waals surface area (Å²) >= 11 is 0. The summed E-state index contributed by atoms with van der Waals surface area (Å²) in [4.78, 5) is 0. The Labute approximate surface area is 57.3 Å². The highest BCUT2D eigenvalue weighted by atomic mass is 14.5. The summed E-state index contributed by atoms with van der Waals surface area (Å²) in [5, 5.41) is 0. The van der Waals surface area contributed by atoms with E-state index in [1.807, 2.05) is 13.0 Å². The van der Waals surface area contributed by atoms with Crippen LogP contribution in [0, 0.1) is 0 Å². The van der Waals surface area contributed by atoms with E-state index in [-0.39, 0.29) is 0 Å². The Morgan fingerprint density at radius 3 is 2.33 bits per heavy atom. The van der Waals surface area contributed by atoms with Crippen molar-refractivity contribution < 1.29 is 0 Å². The van der Waals surface area contributed by atoms with Crippen molar-refractivity contribution in [2.75, 3.05) is 6.54 Å². The third-order valence-electron chi connectivity index (χ3n) is 1.17. The largest absolute Gasteiger partial charge is 0.327 e. The first-order valence-corrected chi connectivity index (χ1v) is 3.25. The summed E-state index contributed by atoms with van der Waals surface area (Å²) in [6.07, 6.45) is 3.07. The van der Waals surface area contributed by atoms with Crippen LogP contribution in [0.2, 0.25) is 0 Å². The highest BCUT2D eigenvalue weighted by Gasteiger charge is 1.87. The zero-order valence-electron chi connectivity index (χ0n) is 6.28. The van der Waals surface area contributed by atoms with Gasteiger partial charge in [0.1, 0.15) is 0 Å². The zero-order chi connectivity index (χ0) is 7.28. The van der Waals surface area contributed by atoms with Crippen molar-refractivity contribution in [3.05, 3.63) is 23.8 Å². The lowest BCUT2D eigenvalue weighted by Gasteiger charge is -1.97. The molecule has 0 aliphatic carbocycles. The lowest BCUT2D eigenvalue weighted by Crippen LogP contribution is -2.01. The molecule has 0 heterocycles. The molecular weight excluding hydrogens is 110 g/mol. The van der Waals surface area contributed by atoms with Crippen LogP contribution in [0.4, 0.5) is 0 Å². The van der Waals surface area contributed by atoms with Gasteiger partial charge in [-0.05, 0) is 13.3 Å². The molecule has 0 aliphatic rings. The zero-order valence-corrected chi connectivity index (χ0v) is 6.28. The summed E-state index contributed by atoms with van der Waals surface area (Å²) in [6, 6.07) is 0. The second-order valence-electron chi connectivity index (χ2n) is 2.21. The quantitative estimate of drug-likeness (QED) is 0.572. The molecule has 0 atom stereocenters. The van der Waals surface area contributed by atoms with Crippen LogP contribution >= 0.6 is 0 Å². The minimum Gasteiger partial charge on any atom is -0.327 e. The van der Waals surface area contributed by atoms with Gasteiger partial charge in [-0.15, -0.1) is 0 Å². The lowest BCUT2D eigenvalue weighted by atomic mass is 10.1. The van der Waals surface area contributed by atoms with Gasteiger partial charge < -0.3 is 5.73 Å². The van der Waals surface area contributed by atoms with Crippen LogP contribution in [0.15, 0.2) is 23.8 Å². The number of allylic oxidation sites excluding steroid dienone is 2. The van der Waals surface area contributed by atoms with E-state index in [1.54, 1.807) is 0 Å². The van der Waals surface area contributed by atoms with Gasteiger partial charge in [0.15, 0.2) is 0 Å². The number of hydrogen-bond donors (Lipinski definition) is 1. The van der Waals surface area contributed by atoms with Crippen molar-refractivity contribution in [1.82, 2.24) is 0 Å². The van der Waals surface area contributed by atoms with Crippen LogP contribution in [-0.2, 0) is 0 Å². The van der Waals surface area contributed by atoms with Gasteiger partial charge in [0.2, 0.25) is 0 Å². The van der Waals surface area contributed by atoms with Gasteiger partial charge in [-0.1, -0.05) is 30.7 Å². The van der Waals surface area contributed by atoms with E-state index < -0.39 is 0 Å². The van der Waals surface area contributed by atoms with E-state index in [4.69, 9.17) is 5.73 Å². The monoisotopic (exact) mass is 125 g/mol. The molecule has 0 radical (unpaired) electrons. The molecule has 0 amide bonds. The average molecular weight is 125 g/mol. The number of nitrogens with two attached hydrogens (primary N) is 1. The maximum absolute atomic E-state index is 5.42. The second-order valence-corrected chi connectivity index (χ2v) is 2.21. The molecule has 0 unspecified atom stereocenters. The minimum absolute atomic E-state index is 0.656. The molecule has 0 aromatic rings.